The van der Waals surface area contributed by atoms with E-state index in [0.717, 1.165) is 56.0 Å². The number of fused-ring (bicyclic) bond motifs is 2. The summed E-state index contributed by atoms with van der Waals surface area (Å²) in [6.07, 6.45) is 5.57. The second-order valence-electron chi connectivity index (χ2n) is 11.0. The van der Waals surface area contributed by atoms with Gasteiger partial charge in [0.15, 0.2) is 0 Å². The third-order valence-electron chi connectivity index (χ3n) is 8.49. The number of para-hydroxylation sites is 1. The largest absolute Gasteiger partial charge is 0.396 e. The van der Waals surface area contributed by atoms with Gasteiger partial charge in [-0.2, -0.15) is 0 Å². The lowest BCUT2D eigenvalue weighted by Gasteiger charge is -2.34. The normalized spacial score (nSPS) is 29.7. The second kappa shape index (κ2) is 10.8. The topological polar surface area (TPSA) is 129 Å². The van der Waals surface area contributed by atoms with Crippen LogP contribution in [0.2, 0.25) is 0 Å². The van der Waals surface area contributed by atoms with Gasteiger partial charge in [0.05, 0.1) is 22.1 Å². The predicted octanol–water partition coefficient (Wildman–Crippen LogP) is 2.07. The van der Waals surface area contributed by atoms with Gasteiger partial charge in [0.2, 0.25) is 17.7 Å². The predicted molar refractivity (Wildman–Crippen MR) is 145 cm³/mol. The average molecular weight is 543 g/mol. The molecule has 0 aliphatic carbocycles. The first-order valence-electron chi connectivity index (χ1n) is 13.8. The van der Waals surface area contributed by atoms with Gasteiger partial charge in [-0.1, -0.05) is 37.1 Å². The third-order valence-corrected chi connectivity index (χ3v) is 10.5. The number of benzene rings is 1. The van der Waals surface area contributed by atoms with Gasteiger partial charge < -0.3 is 20.6 Å². The quantitative estimate of drug-likeness (QED) is 0.350. The number of hydrogen-bond acceptors (Lipinski definition) is 7. The summed E-state index contributed by atoms with van der Waals surface area (Å²) in [5.74, 6) is -1.31. The van der Waals surface area contributed by atoms with Crippen molar-refractivity contribution in [1.29, 1.82) is 0 Å². The van der Waals surface area contributed by atoms with E-state index in [-0.39, 0.29) is 35.7 Å². The molecule has 3 amide bonds. The Morgan fingerprint density at radius 1 is 1.13 bits per heavy atom. The molecule has 206 valence electrons. The number of nitrogens with zero attached hydrogens (tertiary/aromatic N) is 4. The molecule has 4 heterocycles. The molecular formula is C27H38N6O4S. The molecule has 3 N–H and O–H groups in total. The fourth-order valence-electron chi connectivity index (χ4n) is 6.76. The fraction of sp³-hybridized carbons (Fsp3) is 0.667. The molecule has 0 radical (unpaired) electrons. The number of hydrogen-bond donors (Lipinski definition) is 3. The molecule has 3 fully saturated rings. The van der Waals surface area contributed by atoms with E-state index in [4.69, 9.17) is 5.11 Å². The van der Waals surface area contributed by atoms with E-state index in [1.807, 2.05) is 31.2 Å². The number of rotatable bonds is 12. The highest BCUT2D eigenvalue weighted by molar-refractivity contribution is 8.02. The molecule has 38 heavy (non-hydrogen) atoms. The second-order valence-corrected chi connectivity index (χ2v) is 12.9. The van der Waals surface area contributed by atoms with Crippen molar-refractivity contribution in [3.05, 3.63) is 24.3 Å². The number of aliphatic hydroxyl groups excluding tert-OH is 1. The highest BCUT2D eigenvalue weighted by Gasteiger charge is 2.76. The fourth-order valence-corrected chi connectivity index (χ4v) is 9.11. The molecule has 2 unspecified atom stereocenters. The smallest absolute Gasteiger partial charge is 0.245 e. The molecule has 0 saturated carbocycles. The van der Waals surface area contributed by atoms with E-state index in [9.17, 15) is 14.4 Å². The summed E-state index contributed by atoms with van der Waals surface area (Å²) in [4.78, 5) is 43.1. The Kier molecular flexibility index (Phi) is 7.68. The summed E-state index contributed by atoms with van der Waals surface area (Å²) in [7, 11) is 0. The molecule has 10 nitrogen and oxygen atoms in total. The zero-order chi connectivity index (χ0) is 26.9. The molecule has 2 bridgehead atoms. The first-order valence-corrected chi connectivity index (χ1v) is 14.6. The van der Waals surface area contributed by atoms with Gasteiger partial charge in [-0.05, 0) is 51.2 Å². The standard InChI is InChI=1S/C27H38N6O4S/c1-3-14-28-23(35)20-21-25(37)32(15-8-4-5-9-16-34)22(27(21)13-12-26(20,2)38-27)24(36)29-17-33-19-11-7-6-10-18(19)30-31-33/h6-7,10-11,20-22,34H,3-5,8-9,12-17H2,1-2H3,(H,28,35)(H,29,36)/t20-,21-,22?,26+,27?/m0/s1. The summed E-state index contributed by atoms with van der Waals surface area (Å²) < 4.78 is 0.658. The molecular weight excluding hydrogens is 504 g/mol. The average Bonchev–Trinajstić information content (AvgIpc) is 3.61. The number of carbonyl (C=O) groups is 3. The van der Waals surface area contributed by atoms with Gasteiger partial charge in [-0.25, -0.2) is 4.68 Å². The lowest BCUT2D eigenvalue weighted by Crippen LogP contribution is -2.54. The minimum absolute atomic E-state index is 0.0696. The van der Waals surface area contributed by atoms with Crippen molar-refractivity contribution in [2.45, 2.75) is 81.0 Å². The van der Waals surface area contributed by atoms with Crippen LogP contribution < -0.4 is 10.6 Å². The molecule has 3 aliphatic rings. The number of likely N-dealkylation sites (tertiary alicyclic amines) is 1. The number of thioether (sulfide) groups is 1. The Labute approximate surface area is 227 Å². The zero-order valence-electron chi connectivity index (χ0n) is 22.2. The van der Waals surface area contributed by atoms with Crippen molar-refractivity contribution in [3.8, 4) is 0 Å². The lowest BCUT2D eigenvalue weighted by atomic mass is 9.66. The Bertz CT molecular complexity index is 1210. The number of amides is 3. The van der Waals surface area contributed by atoms with E-state index >= 15 is 0 Å². The van der Waals surface area contributed by atoms with Crippen molar-refractivity contribution >= 4 is 40.5 Å². The van der Waals surface area contributed by atoms with Gasteiger partial charge in [0.1, 0.15) is 18.2 Å². The Morgan fingerprint density at radius 3 is 2.71 bits per heavy atom. The Morgan fingerprint density at radius 2 is 1.92 bits per heavy atom. The molecule has 5 rings (SSSR count). The van der Waals surface area contributed by atoms with Crippen LogP contribution in [-0.4, -0.2) is 78.0 Å². The van der Waals surface area contributed by atoms with Crippen LogP contribution in [0.3, 0.4) is 0 Å². The van der Waals surface area contributed by atoms with Crippen LogP contribution in [0.1, 0.15) is 58.8 Å². The van der Waals surface area contributed by atoms with Crippen molar-refractivity contribution in [1.82, 2.24) is 30.5 Å². The van der Waals surface area contributed by atoms with Crippen molar-refractivity contribution in [2.75, 3.05) is 19.7 Å². The SMILES string of the molecule is CCCNC(=O)[C@@H]1[C@H]2C(=O)N(CCCCCCO)C(C(=O)NCn3nnc4ccccc43)C23CC[C@@]1(C)S3. The molecule has 5 atom stereocenters. The van der Waals surface area contributed by atoms with E-state index < -0.39 is 22.6 Å². The Hall–Kier alpha value is -2.66. The maximum absolute atomic E-state index is 14.0. The maximum atomic E-state index is 14.0. The van der Waals surface area contributed by atoms with Gasteiger partial charge >= 0.3 is 0 Å². The van der Waals surface area contributed by atoms with Gasteiger partial charge in [-0.3, -0.25) is 14.4 Å². The maximum Gasteiger partial charge on any atom is 0.245 e. The van der Waals surface area contributed by atoms with Crippen LogP contribution in [0.5, 0.6) is 0 Å². The highest BCUT2D eigenvalue weighted by atomic mass is 32.2. The van der Waals surface area contributed by atoms with E-state index in [1.165, 1.54) is 0 Å². The zero-order valence-corrected chi connectivity index (χ0v) is 23.0. The minimum atomic E-state index is -0.650. The Balaban J connectivity index is 1.40. The van der Waals surface area contributed by atoms with Crippen molar-refractivity contribution in [3.63, 3.8) is 0 Å². The monoisotopic (exact) mass is 542 g/mol. The minimum Gasteiger partial charge on any atom is -0.396 e. The van der Waals surface area contributed by atoms with E-state index in [1.54, 1.807) is 21.3 Å². The van der Waals surface area contributed by atoms with Crippen LogP contribution in [0, 0.1) is 11.8 Å². The van der Waals surface area contributed by atoms with Crippen LogP contribution in [-0.2, 0) is 21.1 Å². The van der Waals surface area contributed by atoms with Crippen LogP contribution in [0.4, 0.5) is 0 Å². The summed E-state index contributed by atoms with van der Waals surface area (Å²) in [5.41, 5.74) is 1.57. The van der Waals surface area contributed by atoms with Gasteiger partial charge in [0, 0.05) is 24.4 Å². The molecule has 11 heteroatoms. The van der Waals surface area contributed by atoms with Gasteiger partial charge in [0.25, 0.3) is 0 Å². The van der Waals surface area contributed by atoms with Crippen LogP contribution in [0.25, 0.3) is 11.0 Å². The molecule has 3 aliphatic heterocycles. The van der Waals surface area contributed by atoms with Gasteiger partial charge in [-0.15, -0.1) is 16.9 Å². The van der Waals surface area contributed by atoms with E-state index in [2.05, 4.69) is 27.9 Å². The summed E-state index contributed by atoms with van der Waals surface area (Å²) in [5, 5.41) is 23.5. The van der Waals surface area contributed by atoms with E-state index in [0.29, 0.717) is 13.1 Å². The third kappa shape index (κ3) is 4.47. The molecule has 1 spiro atoms. The first kappa shape index (κ1) is 26.9. The number of aromatic nitrogens is 3. The number of nitrogens with one attached hydrogen (secondary N) is 2. The highest BCUT2D eigenvalue weighted by Crippen LogP contribution is 2.71. The summed E-state index contributed by atoms with van der Waals surface area (Å²) in [6.45, 7) is 5.44. The molecule has 1 aromatic heterocycles. The molecule has 3 saturated heterocycles. The first-order chi connectivity index (χ1) is 18.4. The number of carbonyl (C=O) groups excluding carboxylic acids is 3. The van der Waals surface area contributed by atoms with Crippen LogP contribution >= 0.6 is 11.8 Å². The van der Waals surface area contributed by atoms with Crippen molar-refractivity contribution < 1.29 is 19.5 Å². The molecule has 2 aromatic rings. The lowest BCUT2D eigenvalue weighted by molar-refractivity contribution is -0.140. The summed E-state index contributed by atoms with van der Waals surface area (Å²) >= 11 is 1.69. The van der Waals surface area contributed by atoms with Crippen molar-refractivity contribution in [2.24, 2.45) is 11.8 Å². The summed E-state index contributed by atoms with van der Waals surface area (Å²) in [6, 6.07) is 6.92. The van der Waals surface area contributed by atoms with Crippen LogP contribution in [0.15, 0.2) is 24.3 Å². The number of aliphatic hydroxyl groups is 1. The number of unbranched alkanes of at least 4 members (excludes halogenated alkanes) is 3. The molecule has 1 aromatic carbocycles.